The number of hydrogen-bond donors (Lipinski definition) is 0. The van der Waals surface area contributed by atoms with Crippen LogP contribution in [0.1, 0.15) is 5.56 Å². The fraction of sp³-hybridized carbons (Fsp3) is 0.125. The summed E-state index contributed by atoms with van der Waals surface area (Å²) in [5.41, 5.74) is 2.16. The molecule has 0 atom stereocenters. The Morgan fingerprint density at radius 3 is 1.86 bits per heavy atom. The van der Waals surface area contributed by atoms with Gasteiger partial charge in [0.15, 0.2) is 0 Å². The van der Waals surface area contributed by atoms with E-state index in [-0.39, 0.29) is 0 Å². The van der Waals surface area contributed by atoms with Gasteiger partial charge in [0.05, 0.1) is 19.9 Å². The number of ether oxygens (including phenoxy) is 2. The van der Waals surface area contributed by atoms with E-state index in [2.05, 4.69) is 24.5 Å². The molecule has 0 saturated heterocycles. The van der Waals surface area contributed by atoms with Gasteiger partial charge in [0.25, 0.3) is 0 Å². The maximum atomic E-state index is 5.25. The molecule has 5 heteroatoms. The van der Waals surface area contributed by atoms with Crippen LogP contribution in [0.2, 0.25) is 0 Å². The highest BCUT2D eigenvalue weighted by Crippen LogP contribution is 2.27. The molecule has 148 valence electrons. The minimum absolute atomic E-state index is 0.844. The molecule has 3 nitrogen and oxygen atoms in total. The Labute approximate surface area is 180 Å². The predicted octanol–water partition coefficient (Wildman–Crippen LogP) is 7.14. The zero-order valence-electron chi connectivity index (χ0n) is 16.7. The summed E-state index contributed by atoms with van der Waals surface area (Å²) >= 11 is 3.27. The number of aliphatic imine (C=N–C) groups is 1. The molecule has 3 aromatic rings. The molecule has 0 bridgehead atoms. The molecule has 3 aromatic carbocycles. The first-order valence-electron chi connectivity index (χ1n) is 9.11. The summed E-state index contributed by atoms with van der Waals surface area (Å²) in [5, 5.41) is 2.98. The molecule has 3 rings (SSSR count). The van der Waals surface area contributed by atoms with Gasteiger partial charge in [-0.25, -0.2) is 4.99 Å². The molecule has 29 heavy (non-hydrogen) atoms. The number of nitrogens with zero attached hydrogens (tertiary/aromatic N) is 1. The molecular weight excluding hydrogens is 398 g/mol. The van der Waals surface area contributed by atoms with Crippen LogP contribution in [0, 0.1) is 6.92 Å². The van der Waals surface area contributed by atoms with Crippen LogP contribution in [-0.4, -0.2) is 19.3 Å². The quantitative estimate of drug-likeness (QED) is 0.230. The van der Waals surface area contributed by atoms with Crippen LogP contribution in [0.5, 0.6) is 11.5 Å². The van der Waals surface area contributed by atoms with E-state index in [4.69, 9.17) is 14.5 Å². The number of benzene rings is 3. The largest absolute Gasteiger partial charge is 0.497 e. The lowest BCUT2D eigenvalue weighted by molar-refractivity contribution is 0.414. The fourth-order valence-electron chi connectivity index (χ4n) is 2.43. The lowest BCUT2D eigenvalue weighted by Crippen LogP contribution is -1.87. The molecule has 0 aliphatic heterocycles. The number of thioether (sulfide) groups is 2. The van der Waals surface area contributed by atoms with Crippen molar-refractivity contribution in [3.8, 4) is 11.5 Å². The van der Waals surface area contributed by atoms with E-state index >= 15 is 0 Å². The lowest BCUT2D eigenvalue weighted by Gasteiger charge is -2.05. The first kappa shape index (κ1) is 21.1. The van der Waals surface area contributed by atoms with Gasteiger partial charge in [-0.05, 0) is 79.1 Å². The smallest absolute Gasteiger partial charge is 0.118 e. The fourth-order valence-corrected chi connectivity index (χ4v) is 3.96. The topological polar surface area (TPSA) is 30.8 Å². The summed E-state index contributed by atoms with van der Waals surface area (Å²) in [5.74, 6) is 1.70. The highest BCUT2D eigenvalue weighted by molar-refractivity contribution is 8.14. The Kier molecular flexibility index (Phi) is 7.85. The molecule has 0 saturated carbocycles. The summed E-state index contributed by atoms with van der Waals surface area (Å²) < 4.78 is 10.5. The van der Waals surface area contributed by atoms with Crippen molar-refractivity contribution in [2.75, 3.05) is 14.2 Å². The molecule has 0 aromatic heterocycles. The molecule has 0 amide bonds. The van der Waals surface area contributed by atoms with Crippen molar-refractivity contribution in [2.45, 2.75) is 16.7 Å². The average Bonchev–Trinajstić information content (AvgIpc) is 2.76. The Balaban J connectivity index is 1.77. The normalized spacial score (nSPS) is 11.6. The second-order valence-electron chi connectivity index (χ2n) is 6.16. The standard InChI is InChI=1S/C24H23NO2S2/c1-18-4-6-19(7-5-18)25-24(29-23-14-10-21(27-3)11-15-23)16-17-28-22-12-8-20(26-2)9-13-22/h4-17H,1-3H3. The molecule has 0 aliphatic rings. The highest BCUT2D eigenvalue weighted by atomic mass is 32.2. The Morgan fingerprint density at radius 1 is 0.759 bits per heavy atom. The van der Waals surface area contributed by atoms with Crippen molar-refractivity contribution in [1.29, 1.82) is 0 Å². The molecule has 0 unspecified atom stereocenters. The van der Waals surface area contributed by atoms with Gasteiger partial charge < -0.3 is 9.47 Å². The number of rotatable bonds is 7. The van der Waals surface area contributed by atoms with Crippen molar-refractivity contribution in [1.82, 2.24) is 0 Å². The minimum atomic E-state index is 0.844. The van der Waals surface area contributed by atoms with Gasteiger partial charge in [-0.15, -0.1) is 0 Å². The van der Waals surface area contributed by atoms with Crippen molar-refractivity contribution in [3.05, 3.63) is 89.8 Å². The predicted molar refractivity (Wildman–Crippen MR) is 125 cm³/mol. The monoisotopic (exact) mass is 421 g/mol. The third-order valence-electron chi connectivity index (χ3n) is 4.03. The number of methoxy groups -OCH3 is 2. The third kappa shape index (κ3) is 6.73. The van der Waals surface area contributed by atoms with Gasteiger partial charge in [0, 0.05) is 9.79 Å². The molecule has 0 fully saturated rings. The highest BCUT2D eigenvalue weighted by Gasteiger charge is 2.02. The molecule has 0 radical (unpaired) electrons. The van der Waals surface area contributed by atoms with Gasteiger partial charge in [-0.1, -0.05) is 41.2 Å². The summed E-state index contributed by atoms with van der Waals surface area (Å²) in [7, 11) is 3.35. The van der Waals surface area contributed by atoms with E-state index < -0.39 is 0 Å². The van der Waals surface area contributed by atoms with Gasteiger partial charge in [-0.2, -0.15) is 0 Å². The first-order chi connectivity index (χ1) is 14.2. The molecule has 0 aliphatic carbocycles. The van der Waals surface area contributed by atoms with E-state index in [0.717, 1.165) is 32.0 Å². The first-order valence-corrected chi connectivity index (χ1v) is 10.8. The summed E-state index contributed by atoms with van der Waals surface area (Å²) in [6, 6.07) is 24.2. The molecular formula is C24H23NO2S2. The Bertz CT molecular complexity index is 963. The Hall–Kier alpha value is -2.63. The van der Waals surface area contributed by atoms with Crippen molar-refractivity contribution in [3.63, 3.8) is 0 Å². The van der Waals surface area contributed by atoms with Crippen LogP contribution in [0.25, 0.3) is 0 Å². The summed E-state index contributed by atoms with van der Waals surface area (Å²) in [6.45, 7) is 2.08. The second kappa shape index (κ2) is 10.8. The average molecular weight is 422 g/mol. The van der Waals surface area contributed by atoms with Crippen molar-refractivity contribution >= 4 is 34.3 Å². The van der Waals surface area contributed by atoms with E-state index in [1.165, 1.54) is 5.56 Å². The zero-order valence-corrected chi connectivity index (χ0v) is 18.3. The van der Waals surface area contributed by atoms with Crippen molar-refractivity contribution < 1.29 is 9.47 Å². The SMILES string of the molecule is COc1ccc(SC=CC(=Nc2ccc(C)cc2)Sc2ccc(OC)cc2)cc1. The summed E-state index contributed by atoms with van der Waals surface area (Å²) in [4.78, 5) is 7.08. The third-order valence-corrected chi connectivity index (χ3v) is 5.79. The van der Waals surface area contributed by atoms with Crippen LogP contribution < -0.4 is 9.47 Å². The van der Waals surface area contributed by atoms with Crippen LogP contribution in [0.4, 0.5) is 5.69 Å². The second-order valence-corrected chi connectivity index (χ2v) is 8.23. The van der Waals surface area contributed by atoms with Crippen LogP contribution in [0.3, 0.4) is 0 Å². The van der Waals surface area contributed by atoms with E-state index in [1.54, 1.807) is 37.7 Å². The van der Waals surface area contributed by atoms with Gasteiger partial charge in [0.1, 0.15) is 16.5 Å². The molecule has 0 N–H and O–H groups in total. The zero-order chi connectivity index (χ0) is 20.5. The number of aryl methyl sites for hydroxylation is 1. The van der Waals surface area contributed by atoms with Gasteiger partial charge in [-0.3, -0.25) is 0 Å². The molecule has 0 heterocycles. The van der Waals surface area contributed by atoms with E-state index in [9.17, 15) is 0 Å². The van der Waals surface area contributed by atoms with Crippen molar-refractivity contribution in [2.24, 2.45) is 4.99 Å². The maximum Gasteiger partial charge on any atom is 0.118 e. The lowest BCUT2D eigenvalue weighted by atomic mass is 10.2. The molecule has 0 spiro atoms. The van der Waals surface area contributed by atoms with E-state index in [0.29, 0.717) is 0 Å². The van der Waals surface area contributed by atoms with Gasteiger partial charge >= 0.3 is 0 Å². The van der Waals surface area contributed by atoms with Gasteiger partial charge in [0.2, 0.25) is 0 Å². The van der Waals surface area contributed by atoms with Crippen LogP contribution in [-0.2, 0) is 0 Å². The van der Waals surface area contributed by atoms with E-state index in [1.807, 2.05) is 66.7 Å². The Morgan fingerprint density at radius 2 is 1.31 bits per heavy atom. The summed E-state index contributed by atoms with van der Waals surface area (Å²) in [6.07, 6.45) is 2.05. The van der Waals surface area contributed by atoms with Crippen LogP contribution >= 0.6 is 23.5 Å². The maximum absolute atomic E-state index is 5.25. The number of hydrogen-bond acceptors (Lipinski definition) is 5. The van der Waals surface area contributed by atoms with Crippen LogP contribution in [0.15, 0.2) is 99.1 Å². The minimum Gasteiger partial charge on any atom is -0.497 e.